The highest BCUT2D eigenvalue weighted by Gasteiger charge is 2.38. The van der Waals surface area contributed by atoms with Crippen molar-refractivity contribution in [3.63, 3.8) is 0 Å². The number of alkyl halides is 3. The molecule has 0 bridgehead atoms. The summed E-state index contributed by atoms with van der Waals surface area (Å²) in [6.45, 7) is 6.28. The second kappa shape index (κ2) is 5.90. The molecular weight excluding hydrogens is 311 g/mol. The molecule has 5 nitrogen and oxygen atoms in total. The molecule has 1 aromatic heterocycles. The molecule has 1 amide bonds. The van der Waals surface area contributed by atoms with E-state index in [1.165, 1.54) is 11.0 Å². The standard InChI is InChI=1S/C15H20F3N3O2/c1-14(2,3)21(13(22)23)11-5-7-20(9-11)10-4-6-19-12(8-10)15(16,17)18/h4,6,8,11H,5,7,9H2,1-3H3,(H,22,23). The van der Waals surface area contributed by atoms with Gasteiger partial charge in [-0.05, 0) is 39.3 Å². The fourth-order valence-corrected chi connectivity index (χ4v) is 2.95. The molecule has 1 unspecified atom stereocenters. The van der Waals surface area contributed by atoms with Crippen LogP contribution in [0.2, 0.25) is 0 Å². The Morgan fingerprint density at radius 2 is 2.04 bits per heavy atom. The Morgan fingerprint density at radius 1 is 1.39 bits per heavy atom. The van der Waals surface area contributed by atoms with Crippen molar-refractivity contribution in [2.75, 3.05) is 18.0 Å². The minimum atomic E-state index is -4.49. The Balaban J connectivity index is 2.18. The van der Waals surface area contributed by atoms with Gasteiger partial charge in [-0.2, -0.15) is 13.2 Å². The molecule has 1 aliphatic heterocycles. The normalized spacial score (nSPS) is 19.0. The highest BCUT2D eigenvalue weighted by atomic mass is 19.4. The van der Waals surface area contributed by atoms with Gasteiger partial charge in [-0.3, -0.25) is 9.88 Å². The first-order chi connectivity index (χ1) is 10.5. The van der Waals surface area contributed by atoms with Gasteiger partial charge < -0.3 is 10.0 Å². The van der Waals surface area contributed by atoms with Crippen LogP contribution in [0.1, 0.15) is 32.9 Å². The molecule has 0 saturated carbocycles. The first-order valence-electron chi connectivity index (χ1n) is 7.30. The molecule has 1 aromatic rings. The number of halogens is 3. The summed E-state index contributed by atoms with van der Waals surface area (Å²) in [4.78, 5) is 18.0. The monoisotopic (exact) mass is 331 g/mol. The minimum absolute atomic E-state index is 0.255. The average molecular weight is 331 g/mol. The largest absolute Gasteiger partial charge is 0.465 e. The number of hydrogen-bond acceptors (Lipinski definition) is 3. The molecule has 1 saturated heterocycles. The predicted molar refractivity (Wildman–Crippen MR) is 79.5 cm³/mol. The first kappa shape index (κ1) is 17.4. The molecule has 0 spiro atoms. The summed E-state index contributed by atoms with van der Waals surface area (Å²) in [5.41, 5.74) is -1.10. The number of carbonyl (C=O) groups is 1. The zero-order valence-electron chi connectivity index (χ0n) is 13.3. The van der Waals surface area contributed by atoms with E-state index in [1.54, 1.807) is 25.7 Å². The van der Waals surface area contributed by atoms with Crippen molar-refractivity contribution in [2.45, 2.75) is 44.9 Å². The van der Waals surface area contributed by atoms with Crippen LogP contribution in [0, 0.1) is 0 Å². The van der Waals surface area contributed by atoms with Crippen LogP contribution in [0.4, 0.5) is 23.7 Å². The molecule has 1 atom stereocenters. The zero-order valence-corrected chi connectivity index (χ0v) is 13.3. The van der Waals surface area contributed by atoms with Gasteiger partial charge in [-0.15, -0.1) is 0 Å². The lowest BCUT2D eigenvalue weighted by Gasteiger charge is -2.38. The van der Waals surface area contributed by atoms with Gasteiger partial charge in [0.05, 0.1) is 6.04 Å². The maximum Gasteiger partial charge on any atom is 0.433 e. The molecule has 23 heavy (non-hydrogen) atoms. The van der Waals surface area contributed by atoms with E-state index in [1.807, 2.05) is 0 Å². The van der Waals surface area contributed by atoms with Crippen LogP contribution in [0.15, 0.2) is 18.3 Å². The maximum atomic E-state index is 12.8. The number of amides is 1. The minimum Gasteiger partial charge on any atom is -0.465 e. The van der Waals surface area contributed by atoms with Crippen molar-refractivity contribution in [1.82, 2.24) is 9.88 Å². The van der Waals surface area contributed by atoms with E-state index in [-0.39, 0.29) is 6.04 Å². The molecule has 1 fully saturated rings. The molecule has 0 aliphatic carbocycles. The van der Waals surface area contributed by atoms with Gasteiger partial charge in [0, 0.05) is 30.5 Å². The van der Waals surface area contributed by atoms with Crippen molar-refractivity contribution in [3.8, 4) is 0 Å². The Kier molecular flexibility index (Phi) is 4.45. The van der Waals surface area contributed by atoms with Crippen molar-refractivity contribution < 1.29 is 23.1 Å². The highest BCUT2D eigenvalue weighted by Crippen LogP contribution is 2.32. The molecule has 1 N–H and O–H groups in total. The van der Waals surface area contributed by atoms with Crippen molar-refractivity contribution in [1.29, 1.82) is 0 Å². The fraction of sp³-hybridized carbons (Fsp3) is 0.600. The molecule has 2 heterocycles. The highest BCUT2D eigenvalue weighted by molar-refractivity contribution is 5.67. The van der Waals surface area contributed by atoms with E-state index < -0.39 is 23.5 Å². The molecule has 0 aromatic carbocycles. The Bertz CT molecular complexity index is 584. The van der Waals surface area contributed by atoms with Crippen LogP contribution >= 0.6 is 0 Å². The maximum absolute atomic E-state index is 12.8. The third-order valence-corrected chi connectivity index (χ3v) is 3.86. The summed E-state index contributed by atoms with van der Waals surface area (Å²) < 4.78 is 38.3. The van der Waals surface area contributed by atoms with Crippen molar-refractivity contribution in [3.05, 3.63) is 24.0 Å². The van der Waals surface area contributed by atoms with E-state index in [0.717, 1.165) is 12.3 Å². The summed E-state index contributed by atoms with van der Waals surface area (Å²) >= 11 is 0. The Labute approximate surface area is 132 Å². The Morgan fingerprint density at radius 3 is 2.57 bits per heavy atom. The number of aromatic nitrogens is 1. The van der Waals surface area contributed by atoms with Gasteiger partial charge in [0.25, 0.3) is 0 Å². The summed E-state index contributed by atoms with van der Waals surface area (Å²) in [6, 6.07) is 2.26. The van der Waals surface area contributed by atoms with E-state index in [4.69, 9.17) is 0 Å². The number of carboxylic acid groups (broad SMARTS) is 1. The molecule has 0 radical (unpaired) electrons. The molecular formula is C15H20F3N3O2. The zero-order chi connectivity index (χ0) is 17.4. The van der Waals surface area contributed by atoms with Gasteiger partial charge in [-0.1, -0.05) is 0 Å². The summed E-state index contributed by atoms with van der Waals surface area (Å²) in [6.07, 6.45) is -3.81. The van der Waals surface area contributed by atoms with Crippen LogP contribution in [0.25, 0.3) is 0 Å². The van der Waals surface area contributed by atoms with E-state index in [9.17, 15) is 23.1 Å². The van der Waals surface area contributed by atoms with Crippen LogP contribution in [0.3, 0.4) is 0 Å². The van der Waals surface area contributed by atoms with Gasteiger partial charge >= 0.3 is 12.3 Å². The SMILES string of the molecule is CC(C)(C)N(C(=O)O)C1CCN(c2ccnc(C(F)(F)F)c2)C1. The lowest BCUT2D eigenvalue weighted by molar-refractivity contribution is -0.141. The smallest absolute Gasteiger partial charge is 0.433 e. The number of pyridine rings is 1. The third kappa shape index (κ3) is 3.86. The number of nitrogens with zero attached hydrogens (tertiary/aromatic N) is 3. The fourth-order valence-electron chi connectivity index (χ4n) is 2.95. The van der Waals surface area contributed by atoms with E-state index in [0.29, 0.717) is 25.2 Å². The van der Waals surface area contributed by atoms with Crippen molar-refractivity contribution >= 4 is 11.8 Å². The first-order valence-corrected chi connectivity index (χ1v) is 7.30. The van der Waals surface area contributed by atoms with Crippen LogP contribution in [-0.4, -0.2) is 45.8 Å². The topological polar surface area (TPSA) is 56.7 Å². The molecule has 8 heteroatoms. The number of rotatable bonds is 2. The van der Waals surface area contributed by atoms with E-state index in [2.05, 4.69) is 4.98 Å². The van der Waals surface area contributed by atoms with Gasteiger partial charge in [0.15, 0.2) is 0 Å². The predicted octanol–water partition coefficient (Wildman–Crippen LogP) is 3.46. The van der Waals surface area contributed by atoms with Crippen LogP contribution in [-0.2, 0) is 6.18 Å². The van der Waals surface area contributed by atoms with Gasteiger partial charge in [0.2, 0.25) is 0 Å². The van der Waals surface area contributed by atoms with Crippen LogP contribution in [0.5, 0.6) is 0 Å². The summed E-state index contributed by atoms with van der Waals surface area (Å²) in [7, 11) is 0. The lowest BCUT2D eigenvalue weighted by Crippen LogP contribution is -2.52. The summed E-state index contributed by atoms with van der Waals surface area (Å²) in [5.74, 6) is 0. The van der Waals surface area contributed by atoms with Crippen molar-refractivity contribution in [2.24, 2.45) is 0 Å². The quantitative estimate of drug-likeness (QED) is 0.902. The van der Waals surface area contributed by atoms with E-state index >= 15 is 0 Å². The number of anilines is 1. The number of hydrogen-bond donors (Lipinski definition) is 1. The Hall–Kier alpha value is -1.99. The molecule has 2 rings (SSSR count). The second-order valence-corrected chi connectivity index (χ2v) is 6.61. The van der Waals surface area contributed by atoms with Gasteiger partial charge in [-0.25, -0.2) is 4.79 Å². The summed E-state index contributed by atoms with van der Waals surface area (Å²) in [5, 5.41) is 9.43. The van der Waals surface area contributed by atoms with Gasteiger partial charge in [0.1, 0.15) is 5.69 Å². The second-order valence-electron chi connectivity index (χ2n) is 6.61. The third-order valence-electron chi connectivity index (χ3n) is 3.86. The molecule has 1 aliphatic rings. The molecule has 128 valence electrons. The average Bonchev–Trinajstić information content (AvgIpc) is 2.85. The van der Waals surface area contributed by atoms with Crippen LogP contribution < -0.4 is 4.90 Å². The lowest BCUT2D eigenvalue weighted by atomic mass is 10.0.